The molecule has 4 N–H and O–H groups in total. The van der Waals surface area contributed by atoms with E-state index in [4.69, 9.17) is 19.0 Å². The minimum Gasteiger partial charge on any atom is -0.463 e. The fourth-order valence-electron chi connectivity index (χ4n) is 3.61. The number of nitrogens with zero attached hydrogens (tertiary/aromatic N) is 2. The van der Waals surface area contributed by atoms with Gasteiger partial charge in [-0.1, -0.05) is 18.5 Å². The van der Waals surface area contributed by atoms with Gasteiger partial charge in [-0.25, -0.2) is 14.6 Å². The van der Waals surface area contributed by atoms with Gasteiger partial charge in [-0.2, -0.15) is 0 Å². The van der Waals surface area contributed by atoms with Gasteiger partial charge in [-0.3, -0.25) is 14.9 Å². The van der Waals surface area contributed by atoms with E-state index in [0.29, 0.717) is 6.42 Å². The van der Waals surface area contributed by atoms with Crippen LogP contribution in [0, 0.1) is 0 Å². The number of carbonyl (C=O) groups is 4. The number of unbranched alkanes of at least 4 members (excludes halogenated alkanes) is 1. The number of ether oxygens (including phenoxy) is 3. The number of carbonyl (C=O) groups excluding carboxylic acids is 4. The molecule has 2 aliphatic heterocycles. The highest BCUT2D eigenvalue weighted by Gasteiger charge is 2.46. The first-order valence-corrected chi connectivity index (χ1v) is 13.5. The van der Waals surface area contributed by atoms with Crippen molar-refractivity contribution in [2.75, 3.05) is 31.7 Å². The second-order valence-electron chi connectivity index (χ2n) is 10.0. The van der Waals surface area contributed by atoms with Crippen molar-refractivity contribution < 1.29 is 43.3 Å². The lowest BCUT2D eigenvalue weighted by Gasteiger charge is -2.35. The Labute approximate surface area is 229 Å². The molecule has 3 heterocycles. The largest absolute Gasteiger partial charge is 0.463 e. The van der Waals surface area contributed by atoms with Crippen molar-refractivity contribution in [3.05, 3.63) is 11.1 Å². The number of oxime groups is 1. The molecule has 0 radical (unpaired) electrons. The fraction of sp³-hybridized carbons (Fsp3) is 0.667. The number of aromatic nitrogens is 1. The van der Waals surface area contributed by atoms with Gasteiger partial charge in [0.15, 0.2) is 10.8 Å². The van der Waals surface area contributed by atoms with E-state index in [0.717, 1.165) is 17.8 Å². The van der Waals surface area contributed by atoms with Gasteiger partial charge in [0.2, 0.25) is 11.5 Å². The van der Waals surface area contributed by atoms with Crippen LogP contribution in [0.2, 0.25) is 0 Å². The number of amides is 3. The van der Waals surface area contributed by atoms with Gasteiger partial charge in [0, 0.05) is 18.2 Å². The molecule has 3 rings (SSSR count). The standard InChI is InChI=1S/C24H35N5O9S/c1-5-6-9-36-20(33)24(7-10-35-11-8-24)38-29-17(19(32)27-16-14(12-30)25-18(16)31)15-13-39-21(26-15)28-22(34)37-23(2,3)4/h13-14,16,30H,5-12H2,1-4H3,(H,25,31)(H,27,32)(H,26,28,34)/b29-17-/t14-,16+/m1/s1. The summed E-state index contributed by atoms with van der Waals surface area (Å²) < 4.78 is 16.0. The van der Waals surface area contributed by atoms with E-state index in [9.17, 15) is 24.3 Å². The topological polar surface area (TPSA) is 187 Å². The summed E-state index contributed by atoms with van der Waals surface area (Å²) in [5.74, 6) is -1.93. The van der Waals surface area contributed by atoms with Crippen LogP contribution in [0.25, 0.3) is 0 Å². The zero-order valence-corrected chi connectivity index (χ0v) is 23.2. The van der Waals surface area contributed by atoms with Crippen molar-refractivity contribution in [1.82, 2.24) is 15.6 Å². The summed E-state index contributed by atoms with van der Waals surface area (Å²) in [7, 11) is 0. The van der Waals surface area contributed by atoms with Crippen molar-refractivity contribution >= 4 is 46.1 Å². The van der Waals surface area contributed by atoms with E-state index >= 15 is 0 Å². The van der Waals surface area contributed by atoms with Crippen molar-refractivity contribution in [3.63, 3.8) is 0 Å². The Morgan fingerprint density at radius 3 is 2.64 bits per heavy atom. The SMILES string of the molecule is CCCCOC(=O)C1(O/N=C(\C(=O)N[C@@H]2C(=O)N[C@@H]2CO)c2csc(NC(=O)OC(C)(C)C)n2)CCOCC1. The van der Waals surface area contributed by atoms with Crippen LogP contribution in [0.3, 0.4) is 0 Å². The average Bonchev–Trinajstić information content (AvgIpc) is 3.33. The third-order valence-corrected chi connectivity index (χ3v) is 6.54. The Morgan fingerprint density at radius 1 is 1.31 bits per heavy atom. The Morgan fingerprint density at radius 2 is 2.03 bits per heavy atom. The van der Waals surface area contributed by atoms with E-state index in [1.165, 1.54) is 5.38 Å². The summed E-state index contributed by atoms with van der Waals surface area (Å²) in [6, 6.07) is -1.67. The summed E-state index contributed by atoms with van der Waals surface area (Å²) in [6.07, 6.45) is 1.07. The molecule has 2 saturated heterocycles. The van der Waals surface area contributed by atoms with Gasteiger partial charge >= 0.3 is 12.1 Å². The zero-order valence-electron chi connectivity index (χ0n) is 22.4. The van der Waals surface area contributed by atoms with Crippen molar-refractivity contribution in [1.29, 1.82) is 0 Å². The first-order valence-electron chi connectivity index (χ1n) is 12.7. The van der Waals surface area contributed by atoms with Gasteiger partial charge in [-0.05, 0) is 27.2 Å². The van der Waals surface area contributed by atoms with Crippen LogP contribution < -0.4 is 16.0 Å². The van der Waals surface area contributed by atoms with E-state index in [2.05, 4.69) is 26.1 Å². The molecule has 3 amide bonds. The molecule has 1 aromatic heterocycles. The fourth-order valence-corrected chi connectivity index (χ4v) is 4.29. The van der Waals surface area contributed by atoms with Crippen LogP contribution in [0.5, 0.6) is 0 Å². The van der Waals surface area contributed by atoms with Crippen LogP contribution in [-0.4, -0.2) is 89.4 Å². The molecule has 0 bridgehead atoms. The Balaban J connectivity index is 1.87. The van der Waals surface area contributed by atoms with E-state index in [1.807, 2.05) is 6.92 Å². The van der Waals surface area contributed by atoms with Gasteiger partial charge < -0.3 is 34.8 Å². The first-order chi connectivity index (χ1) is 18.5. The number of rotatable bonds is 11. The molecule has 39 heavy (non-hydrogen) atoms. The normalized spacial score (nSPS) is 20.7. The minimum atomic E-state index is -1.48. The minimum absolute atomic E-state index is 0.0189. The smallest absolute Gasteiger partial charge is 0.413 e. The number of hydrogen-bond donors (Lipinski definition) is 4. The monoisotopic (exact) mass is 569 g/mol. The molecule has 0 aromatic carbocycles. The third kappa shape index (κ3) is 8.10. The molecule has 216 valence electrons. The third-order valence-electron chi connectivity index (χ3n) is 5.78. The molecule has 0 saturated carbocycles. The maximum atomic E-state index is 13.3. The van der Waals surface area contributed by atoms with Crippen molar-refractivity contribution in [2.24, 2.45) is 5.16 Å². The molecule has 2 atom stereocenters. The number of aliphatic hydroxyl groups is 1. The second kappa shape index (κ2) is 13.2. The molecule has 15 heteroatoms. The highest BCUT2D eigenvalue weighted by atomic mass is 32.1. The molecular formula is C24H35N5O9S. The van der Waals surface area contributed by atoms with Crippen molar-refractivity contribution in [2.45, 2.75) is 76.7 Å². The van der Waals surface area contributed by atoms with Crippen LogP contribution in [0.1, 0.15) is 59.1 Å². The summed E-state index contributed by atoms with van der Waals surface area (Å²) in [5, 5.41) is 22.5. The maximum absolute atomic E-state index is 13.3. The summed E-state index contributed by atoms with van der Waals surface area (Å²) >= 11 is 1.00. The number of aliphatic hydroxyl groups excluding tert-OH is 1. The lowest BCUT2D eigenvalue weighted by atomic mass is 9.94. The number of anilines is 1. The molecule has 2 aliphatic rings. The zero-order chi connectivity index (χ0) is 28.6. The summed E-state index contributed by atoms with van der Waals surface area (Å²) in [6.45, 7) is 7.37. The highest BCUT2D eigenvalue weighted by molar-refractivity contribution is 7.14. The molecule has 14 nitrogen and oxygen atoms in total. The Kier molecular flexibility index (Phi) is 10.2. The van der Waals surface area contributed by atoms with Crippen LogP contribution >= 0.6 is 11.3 Å². The van der Waals surface area contributed by atoms with Gasteiger partial charge in [0.1, 0.15) is 17.3 Å². The Hall–Kier alpha value is -3.30. The van der Waals surface area contributed by atoms with Gasteiger partial charge in [0.25, 0.3) is 5.91 Å². The molecule has 0 spiro atoms. The predicted molar refractivity (Wildman–Crippen MR) is 139 cm³/mol. The van der Waals surface area contributed by atoms with Crippen LogP contribution in [-0.2, 0) is 33.4 Å². The molecule has 1 aromatic rings. The number of hydrogen-bond acceptors (Lipinski definition) is 12. The van der Waals surface area contributed by atoms with Crippen LogP contribution in [0.4, 0.5) is 9.93 Å². The number of nitrogens with one attached hydrogen (secondary N) is 3. The predicted octanol–water partition coefficient (Wildman–Crippen LogP) is 1.08. The lowest BCUT2D eigenvalue weighted by molar-refractivity contribution is -0.185. The van der Waals surface area contributed by atoms with E-state index < -0.39 is 47.2 Å². The highest BCUT2D eigenvalue weighted by Crippen LogP contribution is 2.28. The summed E-state index contributed by atoms with van der Waals surface area (Å²) in [4.78, 5) is 60.3. The number of esters is 1. The molecule has 2 fully saturated rings. The molecule has 0 unspecified atom stereocenters. The second-order valence-corrected chi connectivity index (χ2v) is 10.9. The Bertz CT molecular complexity index is 1080. The number of β-lactam (4-membered cyclic amide) rings is 1. The maximum Gasteiger partial charge on any atom is 0.413 e. The average molecular weight is 570 g/mol. The first kappa shape index (κ1) is 30.2. The molecule has 0 aliphatic carbocycles. The van der Waals surface area contributed by atoms with Gasteiger partial charge in [0.05, 0.1) is 32.5 Å². The van der Waals surface area contributed by atoms with E-state index in [-0.39, 0.29) is 55.8 Å². The molecular weight excluding hydrogens is 534 g/mol. The van der Waals surface area contributed by atoms with Crippen LogP contribution in [0.15, 0.2) is 10.5 Å². The lowest BCUT2D eigenvalue weighted by Crippen LogP contribution is -2.70. The van der Waals surface area contributed by atoms with E-state index in [1.54, 1.807) is 20.8 Å². The number of thiazole rings is 1. The summed E-state index contributed by atoms with van der Waals surface area (Å²) in [5.41, 5.74) is -2.54. The van der Waals surface area contributed by atoms with Gasteiger partial charge in [-0.15, -0.1) is 11.3 Å². The quantitative estimate of drug-likeness (QED) is 0.0987. The van der Waals surface area contributed by atoms with Crippen molar-refractivity contribution in [3.8, 4) is 0 Å².